The van der Waals surface area contributed by atoms with Crippen LogP contribution in [0.5, 0.6) is 0 Å². The summed E-state index contributed by atoms with van der Waals surface area (Å²) in [5.74, 6) is 0.838. The van der Waals surface area contributed by atoms with Crippen LogP contribution in [-0.4, -0.2) is 44.2 Å². The number of benzene rings is 1. The van der Waals surface area contributed by atoms with E-state index in [0.29, 0.717) is 12.0 Å². The summed E-state index contributed by atoms with van der Waals surface area (Å²) in [4.78, 5) is 16.4. The Morgan fingerprint density at radius 2 is 2.00 bits per heavy atom. The Morgan fingerprint density at radius 1 is 1.28 bits per heavy atom. The van der Waals surface area contributed by atoms with E-state index in [4.69, 9.17) is 11.6 Å². The summed E-state index contributed by atoms with van der Waals surface area (Å²) in [7, 11) is 0. The minimum absolute atomic E-state index is 0.0237. The minimum atomic E-state index is 0.0237. The molecule has 0 aromatic heterocycles. The van der Waals surface area contributed by atoms with E-state index in [1.54, 1.807) is 0 Å². The van der Waals surface area contributed by atoms with Crippen molar-refractivity contribution in [2.45, 2.75) is 51.6 Å². The number of amides is 1. The van der Waals surface area contributed by atoms with Gasteiger partial charge in [-0.1, -0.05) is 37.4 Å². The summed E-state index contributed by atoms with van der Waals surface area (Å²) in [6, 6.07) is 8.43. The molecule has 4 nitrogen and oxygen atoms in total. The van der Waals surface area contributed by atoms with Gasteiger partial charge in [0.15, 0.2) is 6.04 Å². The topological polar surface area (TPSA) is 36.8 Å². The van der Waals surface area contributed by atoms with Crippen LogP contribution in [0.4, 0.5) is 5.69 Å². The third kappa shape index (κ3) is 4.68. The molecule has 2 N–H and O–H groups in total. The summed E-state index contributed by atoms with van der Waals surface area (Å²) in [6.07, 6.45) is 4.93. The molecule has 2 fully saturated rings. The van der Waals surface area contributed by atoms with Gasteiger partial charge in [-0.3, -0.25) is 4.79 Å². The van der Waals surface area contributed by atoms with Crippen molar-refractivity contribution in [2.24, 2.45) is 5.92 Å². The predicted octanol–water partition coefficient (Wildman–Crippen LogP) is 2.13. The molecule has 2 aliphatic rings. The Hall–Kier alpha value is -1.26. The van der Waals surface area contributed by atoms with E-state index in [1.165, 1.54) is 29.8 Å². The molecule has 0 spiro atoms. The number of carbonyl (C=O) groups is 1. The Morgan fingerprint density at radius 3 is 2.68 bits per heavy atom. The SMILES string of the molecule is C[C@@H]1CCCC[C@@H]1NC(=O)[C@@H](C)[NH+]1CCN(c2cccc(Cl)c2)CC1. The molecule has 1 saturated heterocycles. The standard InChI is InChI=1S/C20H30ClN3O/c1-15-6-3-4-9-19(15)22-20(25)16(2)23-10-12-24(13-11-23)18-8-5-7-17(21)14-18/h5,7-8,14-16,19H,3-4,6,9-13H2,1-2H3,(H,22,25)/p+1/t15-,16-,19+/m1/s1. The summed E-state index contributed by atoms with van der Waals surface area (Å²) >= 11 is 6.10. The van der Waals surface area contributed by atoms with Gasteiger partial charge in [-0.05, 0) is 43.9 Å². The quantitative estimate of drug-likeness (QED) is 0.858. The lowest BCUT2D eigenvalue weighted by Gasteiger charge is -2.37. The van der Waals surface area contributed by atoms with Gasteiger partial charge in [0.25, 0.3) is 5.91 Å². The number of rotatable bonds is 4. The van der Waals surface area contributed by atoms with E-state index >= 15 is 0 Å². The maximum absolute atomic E-state index is 12.7. The molecule has 1 aliphatic heterocycles. The average Bonchev–Trinajstić information content (AvgIpc) is 2.63. The fourth-order valence-corrected chi connectivity index (χ4v) is 4.37. The zero-order chi connectivity index (χ0) is 17.8. The van der Waals surface area contributed by atoms with Gasteiger partial charge in [0.2, 0.25) is 0 Å². The number of quaternary nitrogens is 1. The van der Waals surface area contributed by atoms with Gasteiger partial charge in [0.05, 0.1) is 26.2 Å². The van der Waals surface area contributed by atoms with Gasteiger partial charge in [-0.25, -0.2) is 0 Å². The first-order valence-electron chi connectivity index (χ1n) is 9.70. The third-order valence-electron chi connectivity index (χ3n) is 6.02. The largest absolute Gasteiger partial charge is 0.360 e. The van der Waals surface area contributed by atoms with Crippen LogP contribution in [0.3, 0.4) is 0 Å². The van der Waals surface area contributed by atoms with Crippen molar-refractivity contribution in [1.29, 1.82) is 0 Å². The Labute approximate surface area is 156 Å². The number of halogens is 1. The Bertz CT molecular complexity index is 586. The van der Waals surface area contributed by atoms with E-state index in [2.05, 4.69) is 30.1 Å². The van der Waals surface area contributed by atoms with Crippen molar-refractivity contribution in [2.75, 3.05) is 31.1 Å². The van der Waals surface area contributed by atoms with E-state index < -0.39 is 0 Å². The molecule has 0 bridgehead atoms. The first kappa shape index (κ1) is 18.5. The molecule has 0 radical (unpaired) electrons. The lowest BCUT2D eigenvalue weighted by Crippen LogP contribution is -3.19. The first-order chi connectivity index (χ1) is 12.0. The van der Waals surface area contributed by atoms with Crippen LogP contribution in [0.2, 0.25) is 5.02 Å². The highest BCUT2D eigenvalue weighted by Gasteiger charge is 2.32. The molecule has 1 amide bonds. The molecule has 1 heterocycles. The van der Waals surface area contributed by atoms with Crippen LogP contribution in [0.25, 0.3) is 0 Å². The number of piperazine rings is 1. The molecule has 138 valence electrons. The van der Waals surface area contributed by atoms with Gasteiger partial charge in [0.1, 0.15) is 0 Å². The Balaban J connectivity index is 1.50. The molecular weight excluding hydrogens is 334 g/mol. The molecule has 1 aliphatic carbocycles. The van der Waals surface area contributed by atoms with E-state index in [1.807, 2.05) is 18.2 Å². The smallest absolute Gasteiger partial charge is 0.278 e. The molecule has 25 heavy (non-hydrogen) atoms. The lowest BCUT2D eigenvalue weighted by molar-refractivity contribution is -0.914. The molecule has 1 aromatic rings. The fraction of sp³-hybridized carbons (Fsp3) is 0.650. The summed E-state index contributed by atoms with van der Waals surface area (Å²) in [6.45, 7) is 8.25. The molecule has 1 saturated carbocycles. The lowest BCUT2D eigenvalue weighted by atomic mass is 9.86. The third-order valence-corrected chi connectivity index (χ3v) is 6.26. The second-order valence-corrected chi connectivity index (χ2v) is 8.16. The number of nitrogens with one attached hydrogen (secondary N) is 2. The normalized spacial score (nSPS) is 26.3. The highest BCUT2D eigenvalue weighted by Crippen LogP contribution is 2.23. The number of carbonyl (C=O) groups excluding carboxylic acids is 1. The van der Waals surface area contributed by atoms with Crippen LogP contribution < -0.4 is 15.1 Å². The van der Waals surface area contributed by atoms with Crippen LogP contribution in [0.15, 0.2) is 24.3 Å². The highest BCUT2D eigenvalue weighted by atomic mass is 35.5. The van der Waals surface area contributed by atoms with E-state index in [9.17, 15) is 4.79 Å². The second kappa shape index (κ2) is 8.41. The molecule has 1 aromatic carbocycles. The highest BCUT2D eigenvalue weighted by molar-refractivity contribution is 6.30. The van der Waals surface area contributed by atoms with E-state index in [0.717, 1.165) is 37.6 Å². The molecule has 3 atom stereocenters. The van der Waals surface area contributed by atoms with Crippen molar-refractivity contribution >= 4 is 23.2 Å². The van der Waals surface area contributed by atoms with Gasteiger partial charge < -0.3 is 15.1 Å². The number of hydrogen-bond acceptors (Lipinski definition) is 2. The van der Waals surface area contributed by atoms with Gasteiger partial charge >= 0.3 is 0 Å². The van der Waals surface area contributed by atoms with Crippen LogP contribution >= 0.6 is 11.6 Å². The van der Waals surface area contributed by atoms with Gasteiger partial charge in [0, 0.05) is 16.8 Å². The summed E-state index contributed by atoms with van der Waals surface area (Å²) in [5, 5.41) is 4.10. The zero-order valence-corrected chi connectivity index (χ0v) is 16.2. The number of anilines is 1. The first-order valence-corrected chi connectivity index (χ1v) is 10.1. The van der Waals surface area contributed by atoms with Crippen LogP contribution in [-0.2, 0) is 4.79 Å². The van der Waals surface area contributed by atoms with Crippen molar-refractivity contribution < 1.29 is 9.69 Å². The predicted molar refractivity (Wildman–Crippen MR) is 103 cm³/mol. The Kier molecular flexibility index (Phi) is 6.24. The molecule has 5 heteroatoms. The van der Waals surface area contributed by atoms with Gasteiger partial charge in [-0.15, -0.1) is 0 Å². The average molecular weight is 365 g/mol. The fourth-order valence-electron chi connectivity index (χ4n) is 4.18. The van der Waals surface area contributed by atoms with Crippen molar-refractivity contribution in [1.82, 2.24) is 5.32 Å². The maximum Gasteiger partial charge on any atom is 0.278 e. The zero-order valence-electron chi connectivity index (χ0n) is 15.4. The second-order valence-electron chi connectivity index (χ2n) is 7.72. The summed E-state index contributed by atoms with van der Waals surface area (Å²) < 4.78 is 0. The maximum atomic E-state index is 12.7. The minimum Gasteiger partial charge on any atom is -0.360 e. The molecule has 0 unspecified atom stereocenters. The van der Waals surface area contributed by atoms with Crippen molar-refractivity contribution in [3.8, 4) is 0 Å². The van der Waals surface area contributed by atoms with E-state index in [-0.39, 0.29) is 11.9 Å². The monoisotopic (exact) mass is 364 g/mol. The van der Waals surface area contributed by atoms with Crippen molar-refractivity contribution in [3.63, 3.8) is 0 Å². The molecular formula is C20H31ClN3O+. The molecule has 3 rings (SSSR count). The number of hydrogen-bond donors (Lipinski definition) is 2. The summed E-state index contributed by atoms with van der Waals surface area (Å²) in [5.41, 5.74) is 1.18. The van der Waals surface area contributed by atoms with Crippen LogP contribution in [0, 0.1) is 5.92 Å². The number of nitrogens with zero attached hydrogens (tertiary/aromatic N) is 1. The van der Waals surface area contributed by atoms with Gasteiger partial charge in [-0.2, -0.15) is 0 Å². The van der Waals surface area contributed by atoms with Crippen LogP contribution in [0.1, 0.15) is 39.5 Å². The van der Waals surface area contributed by atoms with Crippen molar-refractivity contribution in [3.05, 3.63) is 29.3 Å².